The van der Waals surface area contributed by atoms with Gasteiger partial charge in [0.1, 0.15) is 0 Å². The summed E-state index contributed by atoms with van der Waals surface area (Å²) in [4.78, 5) is 0.110. The summed E-state index contributed by atoms with van der Waals surface area (Å²) in [5.74, 6) is 0. The molecule has 0 saturated carbocycles. The molecule has 0 heterocycles. The molecule has 0 unspecified atom stereocenters. The van der Waals surface area contributed by atoms with Gasteiger partial charge in [0.2, 0.25) is 10.0 Å². The molecule has 0 aliphatic rings. The van der Waals surface area contributed by atoms with Crippen LogP contribution in [0.3, 0.4) is 0 Å². The van der Waals surface area contributed by atoms with E-state index in [9.17, 15) is 8.42 Å². The predicted molar refractivity (Wildman–Crippen MR) is 75.4 cm³/mol. The molecule has 0 atom stereocenters. The summed E-state index contributed by atoms with van der Waals surface area (Å²) in [7, 11) is -3.74. The minimum atomic E-state index is -3.74. The van der Waals surface area contributed by atoms with Gasteiger partial charge in [-0.15, -0.1) is 0 Å². The largest absolute Gasteiger partial charge is 0.238 e. The lowest BCUT2D eigenvalue weighted by Gasteiger charge is -2.07. The van der Waals surface area contributed by atoms with Crippen molar-refractivity contribution in [2.75, 3.05) is 0 Å². The standard InChI is InChI=1S/C14H17NO2S/c1-4-12(10-9-11(2)3)13-7-5-6-8-14(13)18(15,16)17/h4-10H,1H2,2-3H3,(H2,15,16,17)/b12-10+. The fourth-order valence-corrected chi connectivity index (χ4v) is 2.24. The minimum absolute atomic E-state index is 0.110. The highest BCUT2D eigenvalue weighted by atomic mass is 32.2. The number of nitrogens with two attached hydrogens (primary N) is 1. The van der Waals surface area contributed by atoms with E-state index in [2.05, 4.69) is 6.58 Å². The number of hydrogen-bond acceptors (Lipinski definition) is 2. The molecule has 0 amide bonds. The van der Waals surface area contributed by atoms with Crippen LogP contribution < -0.4 is 5.14 Å². The van der Waals surface area contributed by atoms with E-state index < -0.39 is 10.0 Å². The highest BCUT2D eigenvalue weighted by Gasteiger charge is 2.14. The van der Waals surface area contributed by atoms with Gasteiger partial charge in [-0.2, -0.15) is 0 Å². The van der Waals surface area contributed by atoms with Gasteiger partial charge in [-0.3, -0.25) is 0 Å². The van der Waals surface area contributed by atoms with Gasteiger partial charge in [0.05, 0.1) is 4.90 Å². The Labute approximate surface area is 108 Å². The molecular formula is C14H17NO2S. The van der Waals surface area contributed by atoms with Gasteiger partial charge in [0.25, 0.3) is 0 Å². The molecule has 4 heteroatoms. The van der Waals surface area contributed by atoms with Crippen molar-refractivity contribution in [3.05, 3.63) is 60.2 Å². The van der Waals surface area contributed by atoms with Gasteiger partial charge in [-0.1, -0.05) is 48.6 Å². The van der Waals surface area contributed by atoms with Crippen molar-refractivity contribution in [1.29, 1.82) is 0 Å². The molecule has 96 valence electrons. The Bertz CT molecular complexity index is 606. The van der Waals surface area contributed by atoms with Crippen LogP contribution in [0.2, 0.25) is 0 Å². The first-order valence-corrected chi connectivity index (χ1v) is 7.00. The summed E-state index contributed by atoms with van der Waals surface area (Å²) in [5.41, 5.74) is 2.40. The lowest BCUT2D eigenvalue weighted by Crippen LogP contribution is -2.14. The summed E-state index contributed by atoms with van der Waals surface area (Å²) < 4.78 is 23.0. The van der Waals surface area contributed by atoms with E-state index in [1.165, 1.54) is 6.07 Å². The van der Waals surface area contributed by atoms with Gasteiger partial charge >= 0.3 is 0 Å². The average molecular weight is 263 g/mol. The SMILES string of the molecule is C=C/C(=C\C=C(C)C)c1ccccc1S(N)(=O)=O. The molecule has 0 fully saturated rings. The molecule has 1 aromatic rings. The predicted octanol–water partition coefficient (Wildman–Crippen LogP) is 2.87. The van der Waals surface area contributed by atoms with Crippen LogP contribution >= 0.6 is 0 Å². The van der Waals surface area contributed by atoms with Gasteiger partial charge in [0, 0.05) is 5.56 Å². The van der Waals surface area contributed by atoms with E-state index in [4.69, 9.17) is 5.14 Å². The molecule has 0 bridgehead atoms. The maximum Gasteiger partial charge on any atom is 0.238 e. The van der Waals surface area contributed by atoms with E-state index in [1.54, 1.807) is 24.3 Å². The van der Waals surface area contributed by atoms with Crippen molar-refractivity contribution in [2.45, 2.75) is 18.7 Å². The number of rotatable bonds is 4. The van der Waals surface area contributed by atoms with Crippen molar-refractivity contribution >= 4 is 15.6 Å². The molecular weight excluding hydrogens is 246 g/mol. The van der Waals surface area contributed by atoms with Crippen LogP contribution in [0.15, 0.2) is 59.5 Å². The van der Waals surface area contributed by atoms with Gasteiger partial charge < -0.3 is 0 Å². The second kappa shape index (κ2) is 5.80. The third-order valence-corrected chi connectivity index (χ3v) is 3.29. The quantitative estimate of drug-likeness (QED) is 0.849. The third kappa shape index (κ3) is 3.68. The Morgan fingerprint density at radius 3 is 2.33 bits per heavy atom. The summed E-state index contributed by atoms with van der Waals surface area (Å²) >= 11 is 0. The van der Waals surface area contributed by atoms with E-state index >= 15 is 0 Å². The number of benzene rings is 1. The second-order valence-corrected chi connectivity index (χ2v) is 5.64. The first kappa shape index (κ1) is 14.4. The smallest absolute Gasteiger partial charge is 0.225 e. The molecule has 0 aliphatic heterocycles. The maximum absolute atomic E-state index is 11.5. The van der Waals surface area contributed by atoms with Crippen molar-refractivity contribution in [3.63, 3.8) is 0 Å². The van der Waals surface area contributed by atoms with Crippen LogP contribution in [0.4, 0.5) is 0 Å². The van der Waals surface area contributed by atoms with Crippen molar-refractivity contribution < 1.29 is 8.42 Å². The average Bonchev–Trinajstić information content (AvgIpc) is 2.29. The lowest BCUT2D eigenvalue weighted by molar-refractivity contribution is 0.597. The van der Waals surface area contributed by atoms with Gasteiger partial charge in [-0.25, -0.2) is 13.6 Å². The number of allylic oxidation sites excluding steroid dienone is 5. The Morgan fingerprint density at radius 2 is 1.83 bits per heavy atom. The van der Waals surface area contributed by atoms with Crippen molar-refractivity contribution in [3.8, 4) is 0 Å². The minimum Gasteiger partial charge on any atom is -0.225 e. The molecule has 0 radical (unpaired) electrons. The zero-order valence-corrected chi connectivity index (χ0v) is 11.4. The van der Waals surface area contributed by atoms with Crippen LogP contribution in [0.1, 0.15) is 19.4 Å². The fraction of sp³-hybridized carbons (Fsp3) is 0.143. The maximum atomic E-state index is 11.5. The third-order valence-electron chi connectivity index (χ3n) is 2.32. The molecule has 0 spiro atoms. The monoisotopic (exact) mass is 263 g/mol. The molecule has 1 aromatic carbocycles. The first-order valence-electron chi connectivity index (χ1n) is 5.46. The summed E-state index contributed by atoms with van der Waals surface area (Å²) in [6.45, 7) is 7.63. The van der Waals surface area contributed by atoms with E-state index in [1.807, 2.05) is 26.0 Å². The van der Waals surface area contributed by atoms with Gasteiger partial charge in [0.15, 0.2) is 0 Å². The molecule has 1 rings (SSSR count). The van der Waals surface area contributed by atoms with Crippen LogP contribution in [-0.4, -0.2) is 8.42 Å². The Kier molecular flexibility index (Phi) is 4.64. The molecule has 0 saturated heterocycles. The Balaban J connectivity index is 3.45. The fourth-order valence-electron chi connectivity index (χ4n) is 1.48. The normalized spacial score (nSPS) is 12.1. The van der Waals surface area contributed by atoms with Crippen molar-refractivity contribution in [2.24, 2.45) is 5.14 Å². The van der Waals surface area contributed by atoms with Crippen LogP contribution in [0.5, 0.6) is 0 Å². The van der Waals surface area contributed by atoms with Crippen LogP contribution in [-0.2, 0) is 10.0 Å². The van der Waals surface area contributed by atoms with E-state index in [0.717, 1.165) is 11.1 Å². The summed E-state index contributed by atoms with van der Waals surface area (Å²) in [5, 5.41) is 5.20. The summed E-state index contributed by atoms with van der Waals surface area (Å²) in [6.07, 6.45) is 5.34. The number of sulfonamides is 1. The molecule has 3 nitrogen and oxygen atoms in total. The van der Waals surface area contributed by atoms with Crippen LogP contribution in [0, 0.1) is 0 Å². The lowest BCUT2D eigenvalue weighted by atomic mass is 10.1. The highest BCUT2D eigenvalue weighted by Crippen LogP contribution is 2.23. The summed E-state index contributed by atoms with van der Waals surface area (Å²) in [6, 6.07) is 6.62. The molecule has 2 N–H and O–H groups in total. The Morgan fingerprint density at radius 1 is 1.22 bits per heavy atom. The number of hydrogen-bond donors (Lipinski definition) is 1. The Hall–Kier alpha value is -1.65. The second-order valence-electron chi connectivity index (χ2n) is 4.11. The van der Waals surface area contributed by atoms with E-state index in [0.29, 0.717) is 5.56 Å². The molecule has 18 heavy (non-hydrogen) atoms. The molecule has 0 aromatic heterocycles. The topological polar surface area (TPSA) is 60.2 Å². The zero-order chi connectivity index (χ0) is 13.8. The number of primary sulfonamides is 1. The highest BCUT2D eigenvalue weighted by molar-refractivity contribution is 7.89. The first-order chi connectivity index (χ1) is 8.36. The van der Waals surface area contributed by atoms with E-state index in [-0.39, 0.29) is 4.90 Å². The van der Waals surface area contributed by atoms with Gasteiger partial charge in [-0.05, 0) is 25.5 Å². The van der Waals surface area contributed by atoms with Crippen LogP contribution in [0.25, 0.3) is 5.57 Å². The van der Waals surface area contributed by atoms with Crippen molar-refractivity contribution in [1.82, 2.24) is 0 Å². The molecule has 0 aliphatic carbocycles. The zero-order valence-electron chi connectivity index (χ0n) is 10.6.